The Morgan fingerprint density at radius 1 is 0.330 bits per heavy atom. The van der Waals surface area contributed by atoms with Crippen molar-refractivity contribution in [2.45, 2.75) is 272 Å². The van der Waals surface area contributed by atoms with Gasteiger partial charge >= 0.3 is 0 Å². The summed E-state index contributed by atoms with van der Waals surface area (Å²) < 4.78 is 95.7. The summed E-state index contributed by atoms with van der Waals surface area (Å²) in [7, 11) is 1.12. The van der Waals surface area contributed by atoms with E-state index in [0.29, 0.717) is 12.0 Å². The molecule has 9 aliphatic heterocycles. The van der Waals surface area contributed by atoms with Crippen LogP contribution in [0.15, 0.2) is 24.3 Å². The second-order valence-electron chi connectivity index (χ2n) is 27.9. The fourth-order valence-electron chi connectivity index (χ4n) is 13.3. The molecule has 9 heterocycles. The number of Topliss-reactive ketones (excluding diaryl/α,β-unsaturated/α-hetero) is 1. The number of carbonyl (C=O) groups is 2. The van der Waals surface area contributed by atoms with Crippen molar-refractivity contribution in [1.82, 2.24) is 5.32 Å². The fourth-order valence-corrected chi connectivity index (χ4v) is 13.3. The lowest BCUT2D eigenvalue weighted by molar-refractivity contribution is -0.354. The van der Waals surface area contributed by atoms with Crippen molar-refractivity contribution in [3.05, 3.63) is 29.8 Å². The van der Waals surface area contributed by atoms with E-state index in [1.807, 2.05) is 0 Å². The number of amides is 1. The molecule has 25 N–H and O–H groups in total. The lowest BCUT2D eigenvalue weighted by Crippen LogP contribution is -2.64. The van der Waals surface area contributed by atoms with E-state index < -0.39 is 322 Å². The highest BCUT2D eigenvalue weighted by Crippen LogP contribution is 2.36. The van der Waals surface area contributed by atoms with Gasteiger partial charge in [0.15, 0.2) is 44.0 Å². The lowest BCUT2D eigenvalue weighted by Gasteiger charge is -2.45. The Hall–Kier alpha value is -3.44. The highest BCUT2D eigenvalue weighted by molar-refractivity contribution is 6.40. The van der Waals surface area contributed by atoms with Crippen molar-refractivity contribution in [1.29, 1.82) is 0 Å². The zero-order chi connectivity index (χ0) is 77.4. The van der Waals surface area contributed by atoms with Crippen molar-refractivity contribution >= 4 is 11.7 Å². The van der Waals surface area contributed by atoms with E-state index in [1.165, 1.54) is 12.1 Å². The molecule has 41 atom stereocenters. The summed E-state index contributed by atoms with van der Waals surface area (Å²) in [6.45, 7) is -3.07. The van der Waals surface area contributed by atoms with Crippen LogP contribution in [0.5, 0.6) is 5.75 Å². The molecule has 9 fully saturated rings. The van der Waals surface area contributed by atoms with E-state index >= 15 is 0 Å². The summed E-state index contributed by atoms with van der Waals surface area (Å²) in [5.41, 5.74) is -0.246. The molecule has 1 amide bonds. The van der Waals surface area contributed by atoms with Gasteiger partial charge < -0.3 is 208 Å². The Morgan fingerprint density at radius 3 is 0.840 bits per heavy atom. The van der Waals surface area contributed by atoms with Crippen molar-refractivity contribution in [3.63, 3.8) is 0 Å². The molecule has 0 saturated carbocycles. The number of hydrogen-bond acceptors (Lipinski definition) is 43. The minimum absolute atomic E-state index is 0.140. The normalized spacial score (nSPS) is 48.8. The fraction of sp³-hybridized carbons (Fsp3) is 0.871. The van der Waals surface area contributed by atoms with Crippen LogP contribution in [0.2, 0.25) is 0 Å². The average molecular weight is 1540 g/mol. The topological polar surface area (TPSA) is 689 Å². The third kappa shape index (κ3) is 18.3. The van der Waals surface area contributed by atoms with E-state index in [4.69, 9.17) is 80.5 Å². The number of ether oxygens (including phenoxy) is 17. The SMILES string of the molecule is COC1[C@H](O)C(COC2OC(COC3OC(COC4OC(COC5OC(COC6OC(COC7OC(CO)C(O)C(O)C7O)C(O)C(O)C6O)[C@@H](O)C(O)C5O)C(O)C(O)C4O)C(O)C(O)C3O)C(O)C(O)C2O)OC(OCC2OC(Oc3ccc(CC4NC(=O)C(=O)C4(C)C)cc3)C(O)C(O)C2O)[C@@H]1O. The van der Waals surface area contributed by atoms with Crippen LogP contribution in [0, 0.1) is 5.41 Å². The highest BCUT2D eigenvalue weighted by atomic mass is 16.8. The molecule has 0 aliphatic carbocycles. The maximum absolute atomic E-state index is 12.3. The summed E-state index contributed by atoms with van der Waals surface area (Å²) in [4.78, 5) is 24.4. The molecule has 38 unspecified atom stereocenters. The third-order valence-electron chi connectivity index (χ3n) is 20.3. The molecule has 1 aromatic carbocycles. The number of benzene rings is 1. The maximum atomic E-state index is 12.3. The van der Waals surface area contributed by atoms with Gasteiger partial charge in [-0.2, -0.15) is 0 Å². The van der Waals surface area contributed by atoms with Gasteiger partial charge in [0.05, 0.1) is 58.3 Å². The summed E-state index contributed by atoms with van der Waals surface area (Å²) in [6, 6.07) is 5.81. The number of carbonyl (C=O) groups excluding carboxylic acids is 2. The van der Waals surface area contributed by atoms with Gasteiger partial charge in [0.1, 0.15) is 201 Å². The summed E-state index contributed by atoms with van der Waals surface area (Å²) in [5.74, 6) is -1.09. The van der Waals surface area contributed by atoms with Gasteiger partial charge in [-0.15, -0.1) is 0 Å². The first-order chi connectivity index (χ1) is 50.1. The highest BCUT2D eigenvalue weighted by Gasteiger charge is 2.56. The number of hydrogen-bond donors (Lipinski definition) is 25. The first kappa shape index (κ1) is 85.0. The molecule has 9 aliphatic rings. The van der Waals surface area contributed by atoms with Crippen LogP contribution in [0.3, 0.4) is 0 Å². The van der Waals surface area contributed by atoms with E-state index in [0.717, 1.165) is 7.11 Å². The van der Waals surface area contributed by atoms with Crippen LogP contribution >= 0.6 is 0 Å². The van der Waals surface area contributed by atoms with Crippen LogP contribution in [-0.4, -0.2) is 446 Å². The van der Waals surface area contributed by atoms with Crippen molar-refractivity contribution in [2.24, 2.45) is 5.41 Å². The Bertz CT molecular complexity index is 2940. The standard InChI is InChI=1S/C62H97NO43/c1-62(2)27(63-53(89)52(62)88)8-17-4-6-18(7-5-17)98-61-49(86)42(79)34(71)25(106-61)15-97-60-50(87)51(90-3)35(72)26(105-60)16-96-59-48(85)41(78)33(70)24(104-59)14-95-58-47(84)40(77)32(69)23(103-58)13-94-57-46(83)39(76)31(68)22(102-57)12-93-56-45(82)38(75)30(67)21(101-56)11-92-55-44(81)37(74)29(66)20(100-55)10-91-54-43(80)36(73)28(65)19(9-64)99-54/h4-7,19-51,54-61,64-87H,8-16H2,1-3H3,(H,63,89)/t19?,20?,21?,22?,23?,24?,25?,26?,27?,28?,29?,30-,31?,32?,33?,34?,35-,36?,37?,38?,39?,40?,41?,42?,43?,44?,45?,46?,47?,48?,49?,50-,51?,54?,55?,56?,57?,58?,59?,60?,61?/m1/s1. The first-order valence-corrected chi connectivity index (χ1v) is 34.0. The summed E-state index contributed by atoms with van der Waals surface area (Å²) in [6.07, 6.45) is -73.3. The molecule has 0 spiro atoms. The number of ketones is 1. The van der Waals surface area contributed by atoms with E-state index in [2.05, 4.69) is 5.32 Å². The minimum Gasteiger partial charge on any atom is -0.462 e. The number of aliphatic hydroxyl groups is 24. The zero-order valence-electron chi connectivity index (χ0n) is 56.8. The van der Waals surface area contributed by atoms with Gasteiger partial charge in [0.25, 0.3) is 5.91 Å². The molecule has 608 valence electrons. The molecule has 9 saturated heterocycles. The van der Waals surface area contributed by atoms with Crippen molar-refractivity contribution in [2.75, 3.05) is 60.0 Å². The first-order valence-electron chi connectivity index (χ1n) is 34.0. The molecular weight excluding hydrogens is 1450 g/mol. The quantitative estimate of drug-likeness (QED) is 0.0364. The van der Waals surface area contributed by atoms with Crippen LogP contribution < -0.4 is 10.1 Å². The second-order valence-corrected chi connectivity index (χ2v) is 27.9. The van der Waals surface area contributed by atoms with Crippen molar-refractivity contribution in [3.8, 4) is 5.75 Å². The Balaban J connectivity index is 0.688. The Kier molecular flexibility index (Phi) is 29.0. The monoisotopic (exact) mass is 1540 g/mol. The molecule has 44 nitrogen and oxygen atoms in total. The van der Waals surface area contributed by atoms with E-state index in [-0.39, 0.29) is 5.75 Å². The molecule has 10 rings (SSSR count). The molecule has 106 heavy (non-hydrogen) atoms. The molecule has 1 aromatic rings. The predicted octanol–water partition coefficient (Wildman–Crippen LogP) is -16.1. The molecule has 44 heteroatoms. The zero-order valence-corrected chi connectivity index (χ0v) is 56.8. The summed E-state index contributed by atoms with van der Waals surface area (Å²) >= 11 is 0. The molecular formula is C62H97NO43. The van der Waals surface area contributed by atoms with E-state index in [9.17, 15) is 132 Å². The number of rotatable bonds is 27. The van der Waals surface area contributed by atoms with Gasteiger partial charge in [-0.3, -0.25) is 9.59 Å². The third-order valence-corrected chi connectivity index (χ3v) is 20.3. The largest absolute Gasteiger partial charge is 0.462 e. The molecule has 0 aromatic heterocycles. The lowest BCUT2D eigenvalue weighted by atomic mass is 9.81. The number of nitrogens with one attached hydrogen (secondary N) is 1. The van der Waals surface area contributed by atoms with Crippen molar-refractivity contribution < 1.29 is 213 Å². The smallest absolute Gasteiger partial charge is 0.288 e. The molecule has 0 bridgehead atoms. The van der Waals surface area contributed by atoms with Crippen LogP contribution in [-0.2, 0) is 91.8 Å². The number of methoxy groups -OCH3 is 1. The van der Waals surface area contributed by atoms with Gasteiger partial charge in [0.2, 0.25) is 12.1 Å². The number of aliphatic hydroxyl groups excluding tert-OH is 24. The summed E-state index contributed by atoms with van der Waals surface area (Å²) in [5, 5.41) is 261. The van der Waals surface area contributed by atoms with Crippen LogP contribution in [0.4, 0.5) is 0 Å². The second kappa shape index (κ2) is 36.1. The van der Waals surface area contributed by atoms with Gasteiger partial charge in [-0.25, -0.2) is 0 Å². The average Bonchev–Trinajstić information content (AvgIpc) is 1.48. The van der Waals surface area contributed by atoms with Crippen LogP contribution in [0.1, 0.15) is 19.4 Å². The van der Waals surface area contributed by atoms with Gasteiger partial charge in [-0.05, 0) is 24.1 Å². The maximum Gasteiger partial charge on any atom is 0.288 e. The minimum atomic E-state index is -2.09. The Morgan fingerprint density at radius 2 is 0.575 bits per heavy atom. The predicted molar refractivity (Wildman–Crippen MR) is 328 cm³/mol. The van der Waals surface area contributed by atoms with Gasteiger partial charge in [0, 0.05) is 13.2 Å². The van der Waals surface area contributed by atoms with Gasteiger partial charge in [-0.1, -0.05) is 26.0 Å². The Labute approximate surface area is 601 Å². The van der Waals surface area contributed by atoms with E-state index in [1.54, 1.807) is 26.0 Å². The van der Waals surface area contributed by atoms with Crippen LogP contribution in [0.25, 0.3) is 0 Å². The molecule has 0 radical (unpaired) electrons.